The lowest BCUT2D eigenvalue weighted by Crippen LogP contribution is -2.17. The van der Waals surface area contributed by atoms with E-state index in [2.05, 4.69) is 87.7 Å². The van der Waals surface area contributed by atoms with Gasteiger partial charge in [0.1, 0.15) is 12.4 Å². The highest BCUT2D eigenvalue weighted by molar-refractivity contribution is 9.11. The molecule has 41 heavy (non-hydrogen) atoms. The number of carbonyl (C=O) groups excluding carboxylic acids is 1. The van der Waals surface area contributed by atoms with Gasteiger partial charge < -0.3 is 10.1 Å². The molecule has 4 aromatic carbocycles. The highest BCUT2D eigenvalue weighted by Gasteiger charge is 2.11. The van der Waals surface area contributed by atoms with Crippen molar-refractivity contribution < 1.29 is 9.53 Å². The van der Waals surface area contributed by atoms with Gasteiger partial charge >= 0.3 is 0 Å². The number of hydrazone groups is 1. The van der Waals surface area contributed by atoms with Crippen molar-refractivity contribution in [2.75, 3.05) is 5.32 Å². The molecule has 0 bridgehead atoms. The maximum atomic E-state index is 12.7. The number of hydrogen-bond acceptors (Lipinski definition) is 6. The van der Waals surface area contributed by atoms with Gasteiger partial charge in [-0.05, 0) is 98.4 Å². The number of anilines is 2. The number of ether oxygens (including phenoxy) is 1. The van der Waals surface area contributed by atoms with E-state index in [0.29, 0.717) is 17.9 Å². The Bertz CT molecular complexity index is 1660. The minimum absolute atomic E-state index is 0.305. The highest BCUT2D eigenvalue weighted by atomic mass is 79.9. The molecule has 0 radical (unpaired) electrons. The van der Waals surface area contributed by atoms with E-state index in [1.807, 2.05) is 66.0 Å². The van der Waals surface area contributed by atoms with Gasteiger partial charge in [0.2, 0.25) is 0 Å². The fourth-order valence-corrected chi connectivity index (χ4v) is 6.23. The molecular weight excluding hydrogens is 732 g/mol. The normalized spacial score (nSPS) is 11.0. The van der Waals surface area contributed by atoms with Crippen molar-refractivity contribution in [2.24, 2.45) is 5.10 Å². The number of rotatable bonds is 9. The van der Waals surface area contributed by atoms with E-state index in [9.17, 15) is 4.79 Å². The molecule has 0 atom stereocenters. The Morgan fingerprint density at radius 3 is 2.32 bits per heavy atom. The van der Waals surface area contributed by atoms with Gasteiger partial charge in [-0.15, -0.1) is 11.3 Å². The van der Waals surface area contributed by atoms with Gasteiger partial charge in [0.15, 0.2) is 5.13 Å². The summed E-state index contributed by atoms with van der Waals surface area (Å²) < 4.78 is 8.55. The standard InChI is InChI=1S/C31H23Br3N4O2S/c1-19-2-12-25(13-3-19)36-31-37-28(18-41-31)22-6-8-23(9-7-22)30(39)38-35-16-21-14-26(33)29(27(34)15-21)40-17-20-4-10-24(32)11-5-20/h2-16,18H,17H2,1H3,(H,36,37)(H,38,39)/b35-16-. The molecule has 0 saturated carbocycles. The fraction of sp³-hybridized carbons (Fsp3) is 0.0645. The monoisotopic (exact) mass is 752 g/mol. The van der Waals surface area contributed by atoms with E-state index >= 15 is 0 Å². The maximum absolute atomic E-state index is 12.7. The van der Waals surface area contributed by atoms with Crippen LogP contribution in [0.2, 0.25) is 0 Å². The minimum atomic E-state index is -0.305. The number of thiazole rings is 1. The zero-order chi connectivity index (χ0) is 28.8. The third-order valence-electron chi connectivity index (χ3n) is 5.95. The molecular formula is C31H23Br3N4O2S. The van der Waals surface area contributed by atoms with Crippen LogP contribution in [0.25, 0.3) is 11.3 Å². The molecule has 1 amide bonds. The Kier molecular flexibility index (Phi) is 9.66. The van der Waals surface area contributed by atoms with Crippen molar-refractivity contribution in [1.29, 1.82) is 0 Å². The van der Waals surface area contributed by atoms with Gasteiger partial charge in [-0.25, -0.2) is 10.4 Å². The molecule has 0 fully saturated rings. The van der Waals surface area contributed by atoms with Crippen LogP contribution >= 0.6 is 59.1 Å². The van der Waals surface area contributed by atoms with Crippen LogP contribution in [0.15, 0.2) is 109 Å². The first-order chi connectivity index (χ1) is 19.8. The molecule has 5 rings (SSSR count). The van der Waals surface area contributed by atoms with E-state index in [4.69, 9.17) is 4.74 Å². The average Bonchev–Trinajstić information content (AvgIpc) is 3.43. The molecule has 1 aromatic heterocycles. The molecule has 0 aliphatic carbocycles. The Morgan fingerprint density at radius 1 is 0.951 bits per heavy atom. The number of benzene rings is 4. The Hall–Kier alpha value is -3.31. The summed E-state index contributed by atoms with van der Waals surface area (Å²) in [7, 11) is 0. The Morgan fingerprint density at radius 2 is 1.63 bits per heavy atom. The second-order valence-electron chi connectivity index (χ2n) is 9.03. The molecule has 6 nitrogen and oxygen atoms in total. The average molecular weight is 755 g/mol. The van der Waals surface area contributed by atoms with Gasteiger partial charge in [0.05, 0.1) is 20.9 Å². The number of aromatic nitrogens is 1. The molecule has 5 aromatic rings. The second-order valence-corrected chi connectivity index (χ2v) is 12.5. The van der Waals surface area contributed by atoms with E-state index < -0.39 is 0 Å². The van der Waals surface area contributed by atoms with Crippen molar-refractivity contribution in [2.45, 2.75) is 13.5 Å². The van der Waals surface area contributed by atoms with E-state index in [1.54, 1.807) is 18.3 Å². The molecule has 1 heterocycles. The molecule has 0 aliphatic rings. The number of nitrogens with one attached hydrogen (secondary N) is 2. The number of amides is 1. The van der Waals surface area contributed by atoms with Crippen molar-refractivity contribution in [3.8, 4) is 17.0 Å². The summed E-state index contributed by atoms with van der Waals surface area (Å²) in [6, 6.07) is 27.2. The third kappa shape index (κ3) is 7.91. The largest absolute Gasteiger partial charge is 0.487 e. The van der Waals surface area contributed by atoms with Crippen LogP contribution in [0.4, 0.5) is 10.8 Å². The summed E-state index contributed by atoms with van der Waals surface area (Å²) in [4.78, 5) is 17.3. The summed E-state index contributed by atoms with van der Waals surface area (Å²) in [5.41, 5.74) is 8.89. The van der Waals surface area contributed by atoms with Crippen molar-refractivity contribution in [1.82, 2.24) is 10.4 Å². The predicted octanol–water partition coefficient (Wildman–Crippen LogP) is 9.49. The lowest BCUT2D eigenvalue weighted by Gasteiger charge is -2.11. The smallest absolute Gasteiger partial charge is 0.271 e. The van der Waals surface area contributed by atoms with Crippen molar-refractivity contribution in [3.05, 3.63) is 126 Å². The lowest BCUT2D eigenvalue weighted by atomic mass is 10.1. The van der Waals surface area contributed by atoms with Gasteiger partial charge in [0, 0.05) is 26.7 Å². The number of aryl methyl sites for hydroxylation is 1. The Labute approximate surface area is 267 Å². The van der Waals surface area contributed by atoms with E-state index in [1.165, 1.54) is 16.9 Å². The zero-order valence-electron chi connectivity index (χ0n) is 21.7. The van der Waals surface area contributed by atoms with Gasteiger partial charge in [-0.1, -0.05) is 57.9 Å². The molecule has 0 spiro atoms. The quantitative estimate of drug-likeness (QED) is 0.116. The second kappa shape index (κ2) is 13.6. The van der Waals surface area contributed by atoms with Crippen LogP contribution in [-0.4, -0.2) is 17.1 Å². The van der Waals surface area contributed by atoms with Crippen LogP contribution in [0.1, 0.15) is 27.0 Å². The van der Waals surface area contributed by atoms with Crippen LogP contribution in [0.5, 0.6) is 5.75 Å². The predicted molar refractivity (Wildman–Crippen MR) is 177 cm³/mol. The van der Waals surface area contributed by atoms with Crippen LogP contribution in [0.3, 0.4) is 0 Å². The van der Waals surface area contributed by atoms with Crippen LogP contribution < -0.4 is 15.5 Å². The summed E-state index contributed by atoms with van der Waals surface area (Å²) in [5.74, 6) is 0.382. The molecule has 10 heteroatoms. The van der Waals surface area contributed by atoms with Gasteiger partial charge in [-0.2, -0.15) is 5.10 Å². The molecule has 0 saturated heterocycles. The van der Waals surface area contributed by atoms with E-state index in [0.717, 1.165) is 46.6 Å². The maximum Gasteiger partial charge on any atom is 0.271 e. The molecule has 2 N–H and O–H groups in total. The first kappa shape index (κ1) is 29.2. The SMILES string of the molecule is Cc1ccc(Nc2nc(-c3ccc(C(=O)N/N=C\c4cc(Br)c(OCc5ccc(Br)cc5)c(Br)c4)cc3)cs2)cc1. The summed E-state index contributed by atoms with van der Waals surface area (Å²) in [6.45, 7) is 2.49. The van der Waals surface area contributed by atoms with Crippen LogP contribution in [0, 0.1) is 6.92 Å². The molecule has 206 valence electrons. The lowest BCUT2D eigenvalue weighted by molar-refractivity contribution is 0.0955. The highest BCUT2D eigenvalue weighted by Crippen LogP contribution is 2.35. The fourth-order valence-electron chi connectivity index (χ4n) is 3.77. The zero-order valence-corrected chi connectivity index (χ0v) is 27.3. The van der Waals surface area contributed by atoms with Crippen molar-refractivity contribution in [3.63, 3.8) is 0 Å². The summed E-state index contributed by atoms with van der Waals surface area (Å²) >= 11 is 12.1. The Balaban J connectivity index is 1.16. The first-order valence-corrected chi connectivity index (χ1v) is 15.7. The van der Waals surface area contributed by atoms with Gasteiger partial charge in [-0.3, -0.25) is 4.79 Å². The summed E-state index contributed by atoms with van der Waals surface area (Å²) in [6.07, 6.45) is 1.58. The topological polar surface area (TPSA) is 75.6 Å². The molecule has 0 unspecified atom stereocenters. The first-order valence-electron chi connectivity index (χ1n) is 12.4. The third-order valence-corrected chi connectivity index (χ3v) is 8.41. The number of carbonyl (C=O) groups is 1. The summed E-state index contributed by atoms with van der Waals surface area (Å²) in [5, 5.41) is 10.3. The number of hydrogen-bond donors (Lipinski definition) is 2. The van der Waals surface area contributed by atoms with Gasteiger partial charge in [0.25, 0.3) is 5.91 Å². The number of nitrogens with zero attached hydrogens (tertiary/aromatic N) is 2. The number of halogens is 3. The van der Waals surface area contributed by atoms with Crippen LogP contribution in [-0.2, 0) is 6.61 Å². The van der Waals surface area contributed by atoms with E-state index in [-0.39, 0.29) is 5.91 Å². The minimum Gasteiger partial charge on any atom is -0.487 e. The van der Waals surface area contributed by atoms with Crippen molar-refractivity contribution >= 4 is 82.1 Å². The molecule has 0 aliphatic heterocycles.